The molecule has 0 aliphatic rings. The Hall–Kier alpha value is -0.323. The molecule has 0 aliphatic heterocycles. The van der Waals surface area contributed by atoms with Gasteiger partial charge in [-0.2, -0.15) is 8.42 Å². The first-order valence-corrected chi connectivity index (χ1v) is 5.88. The Balaban J connectivity index is -0.000000208. The number of aromatic nitrogens is 2. The molecular weight excluding hydrogens is 227 g/mol. The molecule has 1 rings (SSSR count). The van der Waals surface area contributed by atoms with Gasteiger partial charge in [0.1, 0.15) is 12.4 Å². The summed E-state index contributed by atoms with van der Waals surface area (Å²) in [7, 11) is -2.15. The third kappa shape index (κ3) is 10.2. The van der Waals surface area contributed by atoms with Crippen LogP contribution in [0.15, 0.2) is 18.7 Å². The maximum absolute atomic E-state index is 9.56. The predicted molar refractivity (Wildman–Crippen MR) is 55.6 cm³/mol. The van der Waals surface area contributed by atoms with Gasteiger partial charge in [-0.3, -0.25) is 4.55 Å². The standard InChI is InChI=1S/C6H11N2.C2H6O4S.Li.H/c1-3-8-5-4-7(2)6-8;1-2-6-7(3,4)5;;/h4-6H,3H2,1-2H3;2H2,1H3,(H,3,4,5);;/q+1;;+1;-1. The fourth-order valence-electron chi connectivity index (χ4n) is 0.838. The summed E-state index contributed by atoms with van der Waals surface area (Å²) in [5.74, 6) is 0. The van der Waals surface area contributed by atoms with Gasteiger partial charge < -0.3 is 1.43 Å². The maximum Gasteiger partial charge on any atom is 1.00 e. The predicted octanol–water partition coefficient (Wildman–Crippen LogP) is -2.73. The van der Waals surface area contributed by atoms with Gasteiger partial charge in [0.2, 0.25) is 6.33 Å². The van der Waals surface area contributed by atoms with Crippen molar-refractivity contribution < 1.29 is 42.0 Å². The van der Waals surface area contributed by atoms with Gasteiger partial charge in [-0.05, 0) is 13.8 Å². The third-order valence-electron chi connectivity index (χ3n) is 1.46. The van der Waals surface area contributed by atoms with E-state index in [1.807, 2.05) is 17.8 Å². The molecule has 90 valence electrons. The Kier molecular flexibility index (Phi) is 9.91. The molecule has 0 amide bonds. The van der Waals surface area contributed by atoms with Gasteiger partial charge in [-0.1, -0.05) is 0 Å². The van der Waals surface area contributed by atoms with Crippen molar-refractivity contribution in [2.24, 2.45) is 7.05 Å². The van der Waals surface area contributed by atoms with Crippen molar-refractivity contribution in [3.8, 4) is 0 Å². The topological polar surface area (TPSA) is 72.4 Å². The van der Waals surface area contributed by atoms with E-state index in [0.717, 1.165) is 6.54 Å². The summed E-state index contributed by atoms with van der Waals surface area (Å²) < 4.78 is 34.8. The second-order valence-electron chi connectivity index (χ2n) is 2.74. The van der Waals surface area contributed by atoms with E-state index < -0.39 is 10.4 Å². The Bertz CT molecular complexity index is 383. The summed E-state index contributed by atoms with van der Waals surface area (Å²) in [5.41, 5.74) is 0. The zero-order valence-electron chi connectivity index (χ0n) is 11.1. The molecule has 0 spiro atoms. The minimum absolute atomic E-state index is 0. The van der Waals surface area contributed by atoms with Crippen LogP contribution in [0.3, 0.4) is 0 Å². The van der Waals surface area contributed by atoms with Crippen molar-refractivity contribution in [2.75, 3.05) is 6.61 Å². The SMILES string of the molecule is CCOS(=O)(=O)O.CCn1cc[n+](C)c1.[H-].[Li+]. The van der Waals surface area contributed by atoms with Crippen molar-refractivity contribution in [1.82, 2.24) is 4.57 Å². The first kappa shape index (κ1) is 18.1. The average molecular weight is 245 g/mol. The summed E-state index contributed by atoms with van der Waals surface area (Å²) in [5, 5.41) is 0. The second-order valence-corrected chi connectivity index (χ2v) is 3.83. The zero-order valence-corrected chi connectivity index (χ0v) is 10.9. The Labute approximate surface area is 110 Å². The van der Waals surface area contributed by atoms with Crippen LogP contribution in [0.1, 0.15) is 15.3 Å². The van der Waals surface area contributed by atoms with Crippen LogP contribution in [0.5, 0.6) is 0 Å². The van der Waals surface area contributed by atoms with Crippen molar-refractivity contribution in [2.45, 2.75) is 20.4 Å². The van der Waals surface area contributed by atoms with Gasteiger partial charge in [0.25, 0.3) is 0 Å². The maximum atomic E-state index is 9.56. The van der Waals surface area contributed by atoms with E-state index in [2.05, 4.69) is 28.2 Å². The number of hydrogen-bond donors (Lipinski definition) is 1. The summed E-state index contributed by atoms with van der Waals surface area (Å²) in [6.45, 7) is 4.62. The third-order valence-corrected chi connectivity index (χ3v) is 1.99. The fourth-order valence-corrected chi connectivity index (χ4v) is 1.14. The molecule has 0 saturated carbocycles. The van der Waals surface area contributed by atoms with Crippen molar-refractivity contribution in [1.29, 1.82) is 0 Å². The average Bonchev–Trinajstić information content (AvgIpc) is 2.50. The molecule has 0 fully saturated rings. The molecule has 0 aliphatic carbocycles. The molecule has 0 bridgehead atoms. The molecular formula is C8H18LiN2O4S+. The summed E-state index contributed by atoms with van der Waals surface area (Å²) >= 11 is 0. The van der Waals surface area contributed by atoms with Gasteiger partial charge in [0.15, 0.2) is 0 Å². The Morgan fingerprint density at radius 3 is 2.19 bits per heavy atom. The molecule has 1 heterocycles. The minimum atomic E-state index is -4.17. The van der Waals surface area contributed by atoms with Gasteiger partial charge in [-0.25, -0.2) is 13.3 Å². The number of nitrogens with zero attached hydrogens (tertiary/aromatic N) is 2. The molecule has 1 aromatic rings. The quantitative estimate of drug-likeness (QED) is 0.357. The van der Waals surface area contributed by atoms with E-state index in [4.69, 9.17) is 4.55 Å². The van der Waals surface area contributed by atoms with Gasteiger partial charge >= 0.3 is 29.3 Å². The number of imidazole rings is 1. The minimum Gasteiger partial charge on any atom is -1.00 e. The van der Waals surface area contributed by atoms with E-state index in [0.29, 0.717) is 0 Å². The zero-order chi connectivity index (χ0) is 11.9. The van der Waals surface area contributed by atoms with Crippen LogP contribution in [0.2, 0.25) is 0 Å². The molecule has 16 heavy (non-hydrogen) atoms. The van der Waals surface area contributed by atoms with Crippen molar-refractivity contribution in [3.63, 3.8) is 0 Å². The number of aryl methyl sites for hydroxylation is 2. The Morgan fingerprint density at radius 1 is 1.50 bits per heavy atom. The summed E-state index contributed by atoms with van der Waals surface area (Å²) in [6.07, 6.45) is 6.14. The van der Waals surface area contributed by atoms with Crippen molar-refractivity contribution >= 4 is 10.4 Å². The fraction of sp³-hybridized carbons (Fsp3) is 0.625. The molecule has 0 unspecified atom stereocenters. The van der Waals surface area contributed by atoms with Gasteiger partial charge in [-0.15, -0.1) is 0 Å². The van der Waals surface area contributed by atoms with Crippen LogP contribution in [0.4, 0.5) is 0 Å². The first-order chi connectivity index (χ1) is 6.89. The monoisotopic (exact) mass is 245 g/mol. The number of hydrogen-bond acceptors (Lipinski definition) is 3. The van der Waals surface area contributed by atoms with Crippen molar-refractivity contribution in [3.05, 3.63) is 18.7 Å². The first-order valence-electron chi connectivity index (χ1n) is 4.52. The van der Waals surface area contributed by atoms with E-state index in [1.165, 1.54) is 6.92 Å². The van der Waals surface area contributed by atoms with Crippen LogP contribution in [0.25, 0.3) is 0 Å². The molecule has 0 aromatic carbocycles. The van der Waals surface area contributed by atoms with Gasteiger partial charge in [0, 0.05) is 0 Å². The van der Waals surface area contributed by atoms with Crippen LogP contribution >= 0.6 is 0 Å². The number of rotatable bonds is 3. The van der Waals surface area contributed by atoms with E-state index >= 15 is 0 Å². The normalized spacial score (nSPS) is 10.0. The summed E-state index contributed by atoms with van der Waals surface area (Å²) in [4.78, 5) is 0. The van der Waals surface area contributed by atoms with Gasteiger partial charge in [0.05, 0.1) is 20.2 Å². The van der Waals surface area contributed by atoms with E-state index in [1.54, 1.807) is 0 Å². The summed E-state index contributed by atoms with van der Waals surface area (Å²) in [6, 6.07) is 0. The van der Waals surface area contributed by atoms with E-state index in [-0.39, 0.29) is 26.9 Å². The van der Waals surface area contributed by atoms with E-state index in [9.17, 15) is 8.42 Å². The Morgan fingerprint density at radius 2 is 2.06 bits per heavy atom. The molecule has 0 atom stereocenters. The molecule has 6 nitrogen and oxygen atoms in total. The van der Waals surface area contributed by atoms with Crippen LogP contribution in [-0.2, 0) is 28.2 Å². The van der Waals surface area contributed by atoms with Crippen LogP contribution in [-0.4, -0.2) is 24.1 Å². The molecule has 0 saturated heterocycles. The smallest absolute Gasteiger partial charge is 1.00 e. The van der Waals surface area contributed by atoms with Crippen LogP contribution in [0, 0.1) is 0 Å². The molecule has 1 aromatic heterocycles. The molecule has 1 N–H and O–H groups in total. The van der Waals surface area contributed by atoms with Crippen LogP contribution < -0.4 is 23.4 Å². The second kappa shape index (κ2) is 8.79. The largest absolute Gasteiger partial charge is 1.00 e. The molecule has 8 heteroatoms. The molecule has 0 radical (unpaired) electrons.